The van der Waals surface area contributed by atoms with Gasteiger partial charge in [-0.1, -0.05) is 30.3 Å². The number of ether oxygens (including phenoxy) is 2. The van der Waals surface area contributed by atoms with Gasteiger partial charge in [0.05, 0.1) is 13.2 Å². The van der Waals surface area contributed by atoms with Gasteiger partial charge in [-0.15, -0.1) is 0 Å². The Kier molecular flexibility index (Phi) is 9.09. The Labute approximate surface area is 158 Å². The number of amides is 1. The maximum Gasteiger partial charge on any atom is 0.222 e. The molecule has 0 saturated carbocycles. The number of hydrogen-bond acceptors (Lipinski definition) is 4. The zero-order chi connectivity index (χ0) is 18.8. The fraction of sp³-hybridized carbons (Fsp3) is 0.667. The summed E-state index contributed by atoms with van der Waals surface area (Å²) in [5.74, 6) is 0.252. The molecule has 0 unspecified atom stereocenters. The minimum Gasteiger partial charge on any atom is -0.383 e. The minimum atomic E-state index is 0.252. The highest BCUT2D eigenvalue weighted by atomic mass is 16.5. The van der Waals surface area contributed by atoms with Gasteiger partial charge in [-0.25, -0.2) is 0 Å². The summed E-state index contributed by atoms with van der Waals surface area (Å²) in [4.78, 5) is 16.9. The lowest BCUT2D eigenvalue weighted by Crippen LogP contribution is -2.58. The van der Waals surface area contributed by atoms with Crippen LogP contribution in [0.25, 0.3) is 0 Å². The topological polar surface area (TPSA) is 42.0 Å². The molecule has 1 fully saturated rings. The number of piperazine rings is 1. The van der Waals surface area contributed by atoms with Crippen molar-refractivity contribution in [3.05, 3.63) is 35.9 Å². The van der Waals surface area contributed by atoms with Crippen LogP contribution in [-0.4, -0.2) is 74.4 Å². The molecule has 2 rings (SSSR count). The predicted molar refractivity (Wildman–Crippen MR) is 104 cm³/mol. The quantitative estimate of drug-likeness (QED) is 0.600. The fourth-order valence-electron chi connectivity index (χ4n) is 3.62. The van der Waals surface area contributed by atoms with Crippen LogP contribution in [0, 0.1) is 0 Å². The zero-order valence-electron chi connectivity index (χ0n) is 16.5. The van der Waals surface area contributed by atoms with Gasteiger partial charge in [-0.05, 0) is 32.3 Å². The van der Waals surface area contributed by atoms with Crippen LogP contribution in [-0.2, 0) is 20.7 Å². The van der Waals surface area contributed by atoms with E-state index < -0.39 is 0 Å². The van der Waals surface area contributed by atoms with E-state index in [1.807, 2.05) is 23.1 Å². The normalized spacial score (nSPS) is 21.1. The van der Waals surface area contributed by atoms with E-state index in [1.54, 1.807) is 7.11 Å². The highest BCUT2D eigenvalue weighted by Crippen LogP contribution is 2.16. The lowest BCUT2D eigenvalue weighted by molar-refractivity contribution is -0.136. The second kappa shape index (κ2) is 11.3. The third kappa shape index (κ3) is 6.71. The van der Waals surface area contributed by atoms with Crippen molar-refractivity contribution >= 4 is 5.91 Å². The van der Waals surface area contributed by atoms with Crippen molar-refractivity contribution in [3.63, 3.8) is 0 Å². The maximum absolute atomic E-state index is 12.5. The van der Waals surface area contributed by atoms with Gasteiger partial charge in [-0.2, -0.15) is 0 Å². The van der Waals surface area contributed by atoms with Crippen LogP contribution in [0.4, 0.5) is 0 Å². The molecule has 0 aliphatic carbocycles. The number of carbonyl (C=O) groups excluding carboxylic acids is 1. The van der Waals surface area contributed by atoms with Gasteiger partial charge in [0.15, 0.2) is 0 Å². The fourth-order valence-corrected chi connectivity index (χ4v) is 3.62. The molecule has 0 bridgehead atoms. The average molecular weight is 363 g/mol. The third-order valence-corrected chi connectivity index (χ3v) is 5.07. The van der Waals surface area contributed by atoms with Crippen LogP contribution < -0.4 is 0 Å². The van der Waals surface area contributed by atoms with Crippen molar-refractivity contribution in [2.45, 2.75) is 45.2 Å². The second-order valence-corrected chi connectivity index (χ2v) is 7.18. The highest BCUT2D eigenvalue weighted by Gasteiger charge is 2.30. The molecule has 5 nitrogen and oxygen atoms in total. The molecule has 26 heavy (non-hydrogen) atoms. The van der Waals surface area contributed by atoms with Gasteiger partial charge in [0.1, 0.15) is 0 Å². The van der Waals surface area contributed by atoms with Crippen molar-refractivity contribution in [1.29, 1.82) is 0 Å². The summed E-state index contributed by atoms with van der Waals surface area (Å²) in [5, 5.41) is 0. The molecule has 146 valence electrons. The molecule has 2 atom stereocenters. The molecule has 1 heterocycles. The molecule has 1 saturated heterocycles. The molecule has 1 aromatic carbocycles. The molecule has 1 amide bonds. The molecule has 0 N–H and O–H groups in total. The summed E-state index contributed by atoms with van der Waals surface area (Å²) in [6, 6.07) is 11.1. The summed E-state index contributed by atoms with van der Waals surface area (Å²) in [6.45, 7) is 9.03. The number of rotatable bonds is 10. The zero-order valence-corrected chi connectivity index (χ0v) is 16.5. The van der Waals surface area contributed by atoms with Gasteiger partial charge in [-0.3, -0.25) is 9.69 Å². The van der Waals surface area contributed by atoms with Crippen molar-refractivity contribution in [1.82, 2.24) is 9.80 Å². The molecular formula is C21H34N2O3. The van der Waals surface area contributed by atoms with E-state index in [0.29, 0.717) is 31.7 Å². The number of hydrogen-bond donors (Lipinski definition) is 0. The first kappa shape index (κ1) is 20.9. The first-order chi connectivity index (χ1) is 12.6. The van der Waals surface area contributed by atoms with E-state index in [4.69, 9.17) is 9.47 Å². The Hall–Kier alpha value is -1.43. The number of methoxy groups -OCH3 is 1. The first-order valence-electron chi connectivity index (χ1n) is 9.76. The molecular weight excluding hydrogens is 328 g/mol. The standard InChI is InChI=1S/C21H34N2O3/c1-18-16-22(17-19(2)23(18)12-15-25-3)21(24)10-7-13-26-14-11-20-8-5-4-6-9-20/h4-6,8-9,18-19H,7,10-17H2,1-3H3/t18-,19+. The third-order valence-electron chi connectivity index (χ3n) is 5.07. The molecule has 1 aliphatic heterocycles. The van der Waals surface area contributed by atoms with E-state index in [-0.39, 0.29) is 5.91 Å². The van der Waals surface area contributed by atoms with Crippen LogP contribution in [0.1, 0.15) is 32.3 Å². The SMILES string of the molecule is COCCN1[C@H](C)CN(C(=O)CCCOCCc2ccccc2)C[C@@H]1C. The van der Waals surface area contributed by atoms with E-state index in [1.165, 1.54) is 5.56 Å². The van der Waals surface area contributed by atoms with Gasteiger partial charge >= 0.3 is 0 Å². The highest BCUT2D eigenvalue weighted by molar-refractivity contribution is 5.76. The Morgan fingerprint density at radius 2 is 1.77 bits per heavy atom. The second-order valence-electron chi connectivity index (χ2n) is 7.18. The van der Waals surface area contributed by atoms with Crippen LogP contribution >= 0.6 is 0 Å². The molecule has 1 aromatic rings. The summed E-state index contributed by atoms with van der Waals surface area (Å²) in [5.41, 5.74) is 1.29. The van der Waals surface area contributed by atoms with Crippen molar-refractivity contribution in [2.75, 3.05) is 46.6 Å². The van der Waals surface area contributed by atoms with Crippen molar-refractivity contribution < 1.29 is 14.3 Å². The molecule has 5 heteroatoms. The van der Waals surface area contributed by atoms with Gasteiger partial charge < -0.3 is 14.4 Å². The van der Waals surface area contributed by atoms with Crippen LogP contribution in [0.15, 0.2) is 30.3 Å². The van der Waals surface area contributed by atoms with Crippen molar-refractivity contribution in [3.8, 4) is 0 Å². The van der Waals surface area contributed by atoms with Crippen LogP contribution in [0.2, 0.25) is 0 Å². The lowest BCUT2D eigenvalue weighted by Gasteiger charge is -2.44. The molecule has 1 aliphatic rings. The van der Waals surface area contributed by atoms with Crippen LogP contribution in [0.5, 0.6) is 0 Å². The first-order valence-corrected chi connectivity index (χ1v) is 9.76. The minimum absolute atomic E-state index is 0.252. The molecule has 0 spiro atoms. The molecule has 0 radical (unpaired) electrons. The van der Waals surface area contributed by atoms with E-state index in [0.717, 1.165) is 39.1 Å². The van der Waals surface area contributed by atoms with Crippen LogP contribution in [0.3, 0.4) is 0 Å². The smallest absolute Gasteiger partial charge is 0.222 e. The molecule has 0 aromatic heterocycles. The summed E-state index contributed by atoms with van der Waals surface area (Å²) in [6.07, 6.45) is 2.29. The van der Waals surface area contributed by atoms with Crippen molar-refractivity contribution in [2.24, 2.45) is 0 Å². The Balaban J connectivity index is 1.61. The van der Waals surface area contributed by atoms with Gasteiger partial charge in [0.25, 0.3) is 0 Å². The summed E-state index contributed by atoms with van der Waals surface area (Å²) < 4.78 is 10.9. The largest absolute Gasteiger partial charge is 0.383 e. The Bertz CT molecular complexity index is 511. The Morgan fingerprint density at radius 1 is 1.08 bits per heavy atom. The maximum atomic E-state index is 12.5. The van der Waals surface area contributed by atoms with E-state index in [2.05, 4.69) is 30.9 Å². The monoisotopic (exact) mass is 362 g/mol. The van der Waals surface area contributed by atoms with E-state index in [9.17, 15) is 4.79 Å². The van der Waals surface area contributed by atoms with Gasteiger partial charge in [0.2, 0.25) is 5.91 Å². The predicted octanol–water partition coefficient (Wildman–Crippen LogP) is 2.59. The summed E-state index contributed by atoms with van der Waals surface area (Å²) in [7, 11) is 1.73. The average Bonchev–Trinajstić information content (AvgIpc) is 2.64. The number of benzene rings is 1. The summed E-state index contributed by atoms with van der Waals surface area (Å²) >= 11 is 0. The Morgan fingerprint density at radius 3 is 2.42 bits per heavy atom. The lowest BCUT2D eigenvalue weighted by atomic mass is 10.1. The van der Waals surface area contributed by atoms with E-state index >= 15 is 0 Å². The number of nitrogens with zero attached hydrogens (tertiary/aromatic N) is 2. The van der Waals surface area contributed by atoms with Gasteiger partial charge in [0, 0.05) is 51.9 Å². The number of carbonyl (C=O) groups is 1.